The standard InChI is InChI=1S/C16H17ClN2O4S/c1-11(20)19(2)13-5-7-14(8-6-13)24(21,22)18-15-10-12(17)4-9-16(15)23-3/h4-10,18H,1-3H3. The molecule has 0 atom stereocenters. The Kier molecular flexibility index (Phi) is 5.36. The predicted molar refractivity (Wildman–Crippen MR) is 94.3 cm³/mol. The van der Waals surface area contributed by atoms with Crippen molar-refractivity contribution < 1.29 is 17.9 Å². The van der Waals surface area contributed by atoms with Crippen LogP contribution in [0.4, 0.5) is 11.4 Å². The van der Waals surface area contributed by atoms with E-state index in [2.05, 4.69) is 4.72 Å². The van der Waals surface area contributed by atoms with E-state index in [0.717, 1.165) is 0 Å². The smallest absolute Gasteiger partial charge is 0.262 e. The van der Waals surface area contributed by atoms with Crippen LogP contribution >= 0.6 is 11.6 Å². The molecule has 2 aromatic carbocycles. The third kappa shape index (κ3) is 3.98. The van der Waals surface area contributed by atoms with Crippen LogP contribution in [0.2, 0.25) is 5.02 Å². The van der Waals surface area contributed by atoms with Crippen molar-refractivity contribution in [2.24, 2.45) is 0 Å². The summed E-state index contributed by atoms with van der Waals surface area (Å²) in [6, 6.07) is 10.6. The molecule has 0 spiro atoms. The number of hydrogen-bond donors (Lipinski definition) is 1. The Morgan fingerprint density at radius 3 is 2.33 bits per heavy atom. The number of nitrogens with one attached hydrogen (secondary N) is 1. The fourth-order valence-corrected chi connectivity index (χ4v) is 3.23. The monoisotopic (exact) mass is 368 g/mol. The zero-order chi connectivity index (χ0) is 17.9. The number of methoxy groups -OCH3 is 1. The van der Waals surface area contributed by atoms with Crippen LogP contribution in [0.3, 0.4) is 0 Å². The Morgan fingerprint density at radius 1 is 1.17 bits per heavy atom. The van der Waals surface area contributed by atoms with Crippen molar-refractivity contribution in [2.75, 3.05) is 23.8 Å². The topological polar surface area (TPSA) is 75.7 Å². The molecule has 0 fully saturated rings. The maximum Gasteiger partial charge on any atom is 0.262 e. The lowest BCUT2D eigenvalue weighted by Crippen LogP contribution is -2.22. The molecule has 1 N–H and O–H groups in total. The van der Waals surface area contributed by atoms with E-state index >= 15 is 0 Å². The first kappa shape index (κ1) is 18.1. The van der Waals surface area contributed by atoms with Gasteiger partial charge in [0.2, 0.25) is 5.91 Å². The third-order valence-corrected chi connectivity index (χ3v) is 5.03. The number of sulfonamides is 1. The van der Waals surface area contributed by atoms with Gasteiger partial charge >= 0.3 is 0 Å². The van der Waals surface area contributed by atoms with Crippen molar-refractivity contribution in [2.45, 2.75) is 11.8 Å². The zero-order valence-electron chi connectivity index (χ0n) is 13.4. The Morgan fingerprint density at radius 2 is 1.79 bits per heavy atom. The third-order valence-electron chi connectivity index (χ3n) is 3.41. The summed E-state index contributed by atoms with van der Waals surface area (Å²) >= 11 is 5.91. The van der Waals surface area contributed by atoms with Gasteiger partial charge in [0.1, 0.15) is 5.75 Å². The number of rotatable bonds is 5. The van der Waals surface area contributed by atoms with Gasteiger partial charge in [-0.1, -0.05) is 11.6 Å². The lowest BCUT2D eigenvalue weighted by atomic mass is 10.3. The van der Waals surface area contributed by atoms with Crippen LogP contribution < -0.4 is 14.4 Å². The summed E-state index contributed by atoms with van der Waals surface area (Å²) in [6.07, 6.45) is 0. The molecule has 0 aliphatic carbocycles. The van der Waals surface area contributed by atoms with Crippen LogP contribution in [-0.2, 0) is 14.8 Å². The molecular formula is C16H17ClN2O4S. The molecule has 0 aliphatic heterocycles. The Hall–Kier alpha value is -2.25. The Bertz CT molecular complexity index is 851. The lowest BCUT2D eigenvalue weighted by Gasteiger charge is -2.16. The summed E-state index contributed by atoms with van der Waals surface area (Å²) < 4.78 is 32.6. The Balaban J connectivity index is 2.31. The van der Waals surface area contributed by atoms with E-state index in [1.54, 1.807) is 31.3 Å². The predicted octanol–water partition coefficient (Wildman–Crippen LogP) is 3.13. The second-order valence-corrected chi connectivity index (χ2v) is 7.14. The van der Waals surface area contributed by atoms with Crippen LogP contribution in [0.1, 0.15) is 6.92 Å². The first-order valence-corrected chi connectivity index (χ1v) is 8.81. The fourth-order valence-electron chi connectivity index (χ4n) is 1.99. The summed E-state index contributed by atoms with van der Waals surface area (Å²) in [5.74, 6) is 0.211. The number of nitrogens with zero attached hydrogens (tertiary/aromatic N) is 1. The summed E-state index contributed by atoms with van der Waals surface area (Å²) in [7, 11) is -0.768. The highest BCUT2D eigenvalue weighted by Gasteiger charge is 2.17. The number of carbonyl (C=O) groups excluding carboxylic acids is 1. The minimum Gasteiger partial charge on any atom is -0.495 e. The molecule has 24 heavy (non-hydrogen) atoms. The van der Waals surface area contributed by atoms with Crippen molar-refractivity contribution in [3.63, 3.8) is 0 Å². The van der Waals surface area contributed by atoms with Crippen molar-refractivity contribution in [1.82, 2.24) is 0 Å². The van der Waals surface area contributed by atoms with Crippen LogP contribution in [0.25, 0.3) is 0 Å². The molecule has 8 heteroatoms. The van der Waals surface area contributed by atoms with Crippen LogP contribution in [0, 0.1) is 0 Å². The van der Waals surface area contributed by atoms with E-state index in [4.69, 9.17) is 16.3 Å². The molecule has 0 aromatic heterocycles. The molecule has 1 amide bonds. The first-order chi connectivity index (χ1) is 11.2. The summed E-state index contributed by atoms with van der Waals surface area (Å²) in [5, 5.41) is 0.381. The van der Waals surface area contributed by atoms with Gasteiger partial charge in [0, 0.05) is 24.7 Å². The highest BCUT2D eigenvalue weighted by Crippen LogP contribution is 2.30. The van der Waals surface area contributed by atoms with E-state index in [0.29, 0.717) is 16.5 Å². The van der Waals surface area contributed by atoms with E-state index in [9.17, 15) is 13.2 Å². The SMILES string of the molecule is COc1ccc(Cl)cc1NS(=O)(=O)c1ccc(N(C)C(C)=O)cc1. The molecule has 2 rings (SSSR count). The maximum atomic E-state index is 12.5. The van der Waals surface area contributed by atoms with Crippen molar-refractivity contribution in [3.05, 3.63) is 47.5 Å². The number of halogens is 1. The van der Waals surface area contributed by atoms with Gasteiger partial charge < -0.3 is 9.64 Å². The molecule has 6 nitrogen and oxygen atoms in total. The number of carbonyl (C=O) groups is 1. The molecule has 0 heterocycles. The molecule has 0 saturated carbocycles. The summed E-state index contributed by atoms with van der Waals surface area (Å²) in [4.78, 5) is 12.8. The summed E-state index contributed by atoms with van der Waals surface area (Å²) in [6.45, 7) is 1.43. The van der Waals surface area contributed by atoms with Crippen molar-refractivity contribution >= 4 is 38.9 Å². The second-order valence-electron chi connectivity index (χ2n) is 5.02. The maximum absolute atomic E-state index is 12.5. The number of benzene rings is 2. The average molecular weight is 369 g/mol. The highest BCUT2D eigenvalue weighted by atomic mass is 35.5. The zero-order valence-corrected chi connectivity index (χ0v) is 15.0. The molecule has 2 aromatic rings. The lowest BCUT2D eigenvalue weighted by molar-refractivity contribution is -0.116. The van der Waals surface area contributed by atoms with Gasteiger partial charge in [0.15, 0.2) is 0 Å². The van der Waals surface area contributed by atoms with Crippen molar-refractivity contribution in [1.29, 1.82) is 0 Å². The average Bonchev–Trinajstić information content (AvgIpc) is 2.54. The number of anilines is 2. The number of amides is 1. The van der Waals surface area contributed by atoms with Crippen molar-refractivity contribution in [3.8, 4) is 5.75 Å². The Labute approximate surface area is 146 Å². The van der Waals surface area contributed by atoms with Gasteiger partial charge in [-0.05, 0) is 42.5 Å². The van der Waals surface area contributed by atoms with E-state index in [1.807, 2.05) is 0 Å². The molecular weight excluding hydrogens is 352 g/mol. The second kappa shape index (κ2) is 7.11. The molecule has 128 valence electrons. The fraction of sp³-hybridized carbons (Fsp3) is 0.188. The number of ether oxygens (including phenoxy) is 1. The van der Waals surface area contributed by atoms with Gasteiger partial charge in [-0.15, -0.1) is 0 Å². The van der Waals surface area contributed by atoms with Gasteiger partial charge in [0.25, 0.3) is 10.0 Å². The minimum absolute atomic E-state index is 0.0604. The molecule has 0 aliphatic rings. The first-order valence-electron chi connectivity index (χ1n) is 6.95. The largest absolute Gasteiger partial charge is 0.495 e. The van der Waals surface area contributed by atoms with E-state index < -0.39 is 10.0 Å². The van der Waals surface area contributed by atoms with Crippen LogP contribution in [0.5, 0.6) is 5.75 Å². The molecule has 0 bridgehead atoms. The van der Waals surface area contributed by atoms with Gasteiger partial charge in [-0.3, -0.25) is 9.52 Å². The van der Waals surface area contributed by atoms with Gasteiger partial charge in [0.05, 0.1) is 17.7 Å². The number of hydrogen-bond acceptors (Lipinski definition) is 4. The van der Waals surface area contributed by atoms with E-state index in [1.165, 1.54) is 37.1 Å². The van der Waals surface area contributed by atoms with E-state index in [-0.39, 0.29) is 16.5 Å². The minimum atomic E-state index is -3.82. The summed E-state index contributed by atoms with van der Waals surface area (Å²) in [5.41, 5.74) is 0.844. The van der Waals surface area contributed by atoms with Gasteiger partial charge in [-0.2, -0.15) is 0 Å². The normalized spacial score (nSPS) is 11.0. The van der Waals surface area contributed by atoms with Gasteiger partial charge in [-0.25, -0.2) is 8.42 Å². The molecule has 0 radical (unpaired) electrons. The molecule has 0 saturated heterocycles. The van der Waals surface area contributed by atoms with Crippen LogP contribution in [-0.4, -0.2) is 28.5 Å². The highest BCUT2D eigenvalue weighted by molar-refractivity contribution is 7.92. The van der Waals surface area contributed by atoms with Crippen LogP contribution in [0.15, 0.2) is 47.4 Å². The molecule has 0 unspecified atom stereocenters. The quantitative estimate of drug-likeness (QED) is 0.879.